The minimum Gasteiger partial charge on any atom is -0.466 e. The number of hydrogen-bond acceptors (Lipinski definition) is 6. The standard InChI is InChI=1S/C14H16N4O3S/c1-7-9(5-17(3)16-7)12-11(13(20)21-4)8(2)15-14-18(12)10(19)6-22-14/h5,12H,6H2,1-4H3/t12-/m0/s1. The molecule has 7 nitrogen and oxygen atoms in total. The van der Waals surface area contributed by atoms with Gasteiger partial charge in [-0.1, -0.05) is 11.8 Å². The van der Waals surface area contributed by atoms with Crippen LogP contribution in [0.1, 0.15) is 24.2 Å². The molecular formula is C14H16N4O3S. The van der Waals surface area contributed by atoms with E-state index in [0.717, 1.165) is 11.3 Å². The first-order valence-electron chi connectivity index (χ1n) is 6.76. The Labute approximate surface area is 132 Å². The molecule has 0 aromatic carbocycles. The van der Waals surface area contributed by atoms with E-state index in [2.05, 4.69) is 10.1 Å². The number of aliphatic imine (C=N–C) groups is 1. The first-order valence-corrected chi connectivity index (χ1v) is 7.75. The lowest BCUT2D eigenvalue weighted by molar-refractivity contribution is -0.137. The third-order valence-electron chi connectivity index (χ3n) is 3.74. The fraction of sp³-hybridized carbons (Fsp3) is 0.429. The Hall–Kier alpha value is -2.09. The molecule has 22 heavy (non-hydrogen) atoms. The van der Waals surface area contributed by atoms with E-state index in [1.165, 1.54) is 18.9 Å². The van der Waals surface area contributed by atoms with Gasteiger partial charge in [-0.2, -0.15) is 5.10 Å². The van der Waals surface area contributed by atoms with E-state index < -0.39 is 12.0 Å². The number of esters is 1. The summed E-state index contributed by atoms with van der Waals surface area (Å²) in [7, 11) is 3.14. The van der Waals surface area contributed by atoms with E-state index in [9.17, 15) is 9.59 Å². The number of nitrogens with zero attached hydrogens (tertiary/aromatic N) is 4. The van der Waals surface area contributed by atoms with Gasteiger partial charge in [-0.05, 0) is 13.8 Å². The zero-order chi connectivity index (χ0) is 16.0. The van der Waals surface area contributed by atoms with Gasteiger partial charge in [0.2, 0.25) is 5.91 Å². The van der Waals surface area contributed by atoms with Crippen molar-refractivity contribution in [3.05, 3.63) is 28.7 Å². The van der Waals surface area contributed by atoms with Crippen LogP contribution < -0.4 is 0 Å². The summed E-state index contributed by atoms with van der Waals surface area (Å²) in [4.78, 5) is 30.5. The van der Waals surface area contributed by atoms with E-state index in [1.54, 1.807) is 16.5 Å². The molecular weight excluding hydrogens is 304 g/mol. The lowest BCUT2D eigenvalue weighted by Crippen LogP contribution is -2.39. The molecule has 8 heteroatoms. The highest BCUT2D eigenvalue weighted by molar-refractivity contribution is 8.15. The number of thioether (sulfide) groups is 1. The van der Waals surface area contributed by atoms with Gasteiger partial charge < -0.3 is 4.74 Å². The number of aromatic nitrogens is 2. The lowest BCUT2D eigenvalue weighted by Gasteiger charge is -2.32. The van der Waals surface area contributed by atoms with Gasteiger partial charge in [0.15, 0.2) is 5.17 Å². The summed E-state index contributed by atoms with van der Waals surface area (Å²) in [5.41, 5.74) is 2.55. The third-order valence-corrected chi connectivity index (χ3v) is 4.67. The highest BCUT2D eigenvalue weighted by atomic mass is 32.2. The summed E-state index contributed by atoms with van der Waals surface area (Å²) >= 11 is 1.38. The maximum absolute atomic E-state index is 12.3. The maximum Gasteiger partial charge on any atom is 0.338 e. The number of hydrogen-bond donors (Lipinski definition) is 0. The first kappa shape index (κ1) is 14.8. The number of ether oxygens (including phenoxy) is 1. The average molecular weight is 320 g/mol. The summed E-state index contributed by atoms with van der Waals surface area (Å²) in [5, 5.41) is 4.96. The Kier molecular flexibility index (Phi) is 3.56. The molecule has 0 N–H and O–H groups in total. The van der Waals surface area contributed by atoms with Crippen LogP contribution in [0.25, 0.3) is 0 Å². The normalized spacial score (nSPS) is 21.1. The Bertz CT molecular complexity index is 734. The number of aryl methyl sites for hydroxylation is 2. The van der Waals surface area contributed by atoms with Crippen LogP contribution in [0, 0.1) is 6.92 Å². The molecule has 0 aliphatic carbocycles. The molecule has 2 aliphatic rings. The molecule has 0 radical (unpaired) electrons. The van der Waals surface area contributed by atoms with Crippen LogP contribution in [0.3, 0.4) is 0 Å². The van der Waals surface area contributed by atoms with Gasteiger partial charge in [-0.3, -0.25) is 14.4 Å². The fourth-order valence-corrected chi connectivity index (χ4v) is 3.73. The molecule has 0 saturated carbocycles. The Morgan fingerprint density at radius 2 is 2.18 bits per heavy atom. The number of methoxy groups -OCH3 is 1. The summed E-state index contributed by atoms with van der Waals surface area (Å²) < 4.78 is 6.58. The topological polar surface area (TPSA) is 76.8 Å². The van der Waals surface area contributed by atoms with Crippen molar-refractivity contribution in [3.8, 4) is 0 Å². The second kappa shape index (κ2) is 5.28. The number of amides is 1. The van der Waals surface area contributed by atoms with E-state index in [0.29, 0.717) is 22.2 Å². The highest BCUT2D eigenvalue weighted by Gasteiger charge is 2.44. The van der Waals surface area contributed by atoms with Gasteiger partial charge in [0.05, 0.1) is 29.8 Å². The average Bonchev–Trinajstić information content (AvgIpc) is 2.99. The van der Waals surface area contributed by atoms with E-state index in [1.807, 2.05) is 20.2 Å². The Balaban J connectivity index is 2.21. The molecule has 1 aromatic rings. The molecule has 1 amide bonds. The number of amidine groups is 1. The smallest absolute Gasteiger partial charge is 0.338 e. The van der Waals surface area contributed by atoms with Gasteiger partial charge in [0, 0.05) is 18.8 Å². The molecule has 1 atom stereocenters. The molecule has 1 saturated heterocycles. The van der Waals surface area contributed by atoms with Crippen molar-refractivity contribution in [1.29, 1.82) is 0 Å². The van der Waals surface area contributed by atoms with Crippen molar-refractivity contribution in [2.75, 3.05) is 12.9 Å². The zero-order valence-corrected chi connectivity index (χ0v) is 13.6. The third kappa shape index (κ3) is 2.14. The van der Waals surface area contributed by atoms with Crippen molar-refractivity contribution >= 4 is 28.8 Å². The minimum atomic E-state index is -0.531. The molecule has 0 unspecified atom stereocenters. The van der Waals surface area contributed by atoms with Gasteiger partial charge in [-0.15, -0.1) is 0 Å². The summed E-state index contributed by atoms with van der Waals surface area (Å²) in [6.45, 7) is 3.62. The SMILES string of the molecule is COC(=O)C1=C(C)N=C2SCC(=O)N2[C@H]1c1cn(C)nc1C. The summed E-state index contributed by atoms with van der Waals surface area (Å²) in [5.74, 6) is -0.208. The maximum atomic E-state index is 12.3. The van der Waals surface area contributed by atoms with Gasteiger partial charge in [0.1, 0.15) is 6.04 Å². The second-order valence-corrected chi connectivity index (χ2v) is 6.13. The number of allylic oxidation sites excluding steroid dienone is 1. The van der Waals surface area contributed by atoms with Crippen LogP contribution >= 0.6 is 11.8 Å². The number of fused-ring (bicyclic) bond motifs is 1. The van der Waals surface area contributed by atoms with E-state index >= 15 is 0 Å². The van der Waals surface area contributed by atoms with Gasteiger partial charge in [-0.25, -0.2) is 9.79 Å². The molecule has 0 bridgehead atoms. The molecule has 1 aromatic heterocycles. The van der Waals surface area contributed by atoms with Crippen LogP contribution in [0.15, 0.2) is 22.5 Å². The van der Waals surface area contributed by atoms with Crippen molar-refractivity contribution in [3.63, 3.8) is 0 Å². The molecule has 2 aliphatic heterocycles. The Morgan fingerprint density at radius 3 is 2.77 bits per heavy atom. The Morgan fingerprint density at radius 1 is 1.45 bits per heavy atom. The molecule has 1 fully saturated rings. The summed E-state index contributed by atoms with van der Waals surface area (Å²) in [6.07, 6.45) is 1.83. The fourth-order valence-electron chi connectivity index (χ4n) is 2.79. The molecule has 0 spiro atoms. The quantitative estimate of drug-likeness (QED) is 0.764. The minimum absolute atomic E-state index is 0.0640. The van der Waals surface area contributed by atoms with Crippen LogP contribution in [0.2, 0.25) is 0 Å². The monoisotopic (exact) mass is 320 g/mol. The molecule has 3 rings (SSSR count). The zero-order valence-electron chi connectivity index (χ0n) is 12.8. The molecule has 116 valence electrons. The van der Waals surface area contributed by atoms with Crippen molar-refractivity contribution < 1.29 is 14.3 Å². The van der Waals surface area contributed by atoms with Crippen LogP contribution in [-0.2, 0) is 21.4 Å². The largest absolute Gasteiger partial charge is 0.466 e. The number of rotatable bonds is 2. The molecule has 3 heterocycles. The lowest BCUT2D eigenvalue weighted by atomic mass is 9.95. The van der Waals surface area contributed by atoms with Crippen LogP contribution in [0.5, 0.6) is 0 Å². The van der Waals surface area contributed by atoms with Crippen molar-refractivity contribution in [1.82, 2.24) is 14.7 Å². The van der Waals surface area contributed by atoms with Crippen LogP contribution in [-0.4, -0.2) is 44.6 Å². The van der Waals surface area contributed by atoms with Gasteiger partial charge in [0.25, 0.3) is 0 Å². The van der Waals surface area contributed by atoms with E-state index in [-0.39, 0.29) is 5.91 Å². The van der Waals surface area contributed by atoms with Crippen molar-refractivity contribution in [2.45, 2.75) is 19.9 Å². The summed E-state index contributed by atoms with van der Waals surface area (Å²) in [6, 6.07) is -0.531. The van der Waals surface area contributed by atoms with Crippen LogP contribution in [0.4, 0.5) is 0 Å². The van der Waals surface area contributed by atoms with Crippen molar-refractivity contribution in [2.24, 2.45) is 12.0 Å². The first-order chi connectivity index (χ1) is 10.4. The van der Waals surface area contributed by atoms with Gasteiger partial charge >= 0.3 is 5.97 Å². The number of carbonyl (C=O) groups excluding carboxylic acids is 2. The predicted molar refractivity (Wildman–Crippen MR) is 82.1 cm³/mol. The van der Waals surface area contributed by atoms with E-state index in [4.69, 9.17) is 4.74 Å². The highest BCUT2D eigenvalue weighted by Crippen LogP contribution is 2.41. The second-order valence-electron chi connectivity index (χ2n) is 5.18. The predicted octanol–water partition coefficient (Wildman–Crippen LogP) is 1.16. The number of carbonyl (C=O) groups is 2.